The Labute approximate surface area is 193 Å². The molecule has 11 nitrogen and oxygen atoms in total. The van der Waals surface area contributed by atoms with Crippen LogP contribution in [-0.4, -0.2) is 56.2 Å². The SMILES string of the molecule is CCOC[C@H](N)[C@@H](C)Nc1nnc(C(N)=O)c(Nc2cc(C)c3nn(C(C)(C)C)cc3c2)n1. The number of aryl methyl sites for hydroxylation is 1. The fourth-order valence-electron chi connectivity index (χ4n) is 3.21. The summed E-state index contributed by atoms with van der Waals surface area (Å²) in [5, 5.41) is 19.9. The molecule has 0 spiro atoms. The number of rotatable bonds is 9. The molecule has 0 bridgehead atoms. The van der Waals surface area contributed by atoms with Crippen LogP contribution < -0.4 is 22.1 Å². The van der Waals surface area contributed by atoms with Crippen LogP contribution in [0.2, 0.25) is 0 Å². The summed E-state index contributed by atoms with van der Waals surface area (Å²) < 4.78 is 7.31. The maximum Gasteiger partial charge on any atom is 0.273 e. The molecule has 33 heavy (non-hydrogen) atoms. The number of nitrogens with one attached hydrogen (secondary N) is 2. The Morgan fingerprint density at radius 1 is 1.27 bits per heavy atom. The zero-order chi connectivity index (χ0) is 24.3. The number of hydrogen-bond donors (Lipinski definition) is 4. The first kappa shape index (κ1) is 24.3. The van der Waals surface area contributed by atoms with Gasteiger partial charge in [-0.15, -0.1) is 10.2 Å². The average Bonchev–Trinajstić information content (AvgIpc) is 3.17. The van der Waals surface area contributed by atoms with E-state index in [4.69, 9.17) is 21.3 Å². The first-order chi connectivity index (χ1) is 15.5. The molecular formula is C22H33N9O2. The molecule has 0 radical (unpaired) electrons. The highest BCUT2D eigenvalue weighted by Crippen LogP contribution is 2.27. The summed E-state index contributed by atoms with van der Waals surface area (Å²) in [6.07, 6.45) is 2.00. The van der Waals surface area contributed by atoms with Crippen LogP contribution in [0.15, 0.2) is 18.3 Å². The highest BCUT2D eigenvalue weighted by molar-refractivity contribution is 5.96. The largest absolute Gasteiger partial charge is 0.380 e. The number of ether oxygens (including phenoxy) is 1. The smallest absolute Gasteiger partial charge is 0.273 e. The summed E-state index contributed by atoms with van der Waals surface area (Å²) >= 11 is 0. The van der Waals surface area contributed by atoms with Crippen LogP contribution in [-0.2, 0) is 10.3 Å². The Bertz CT molecular complexity index is 1140. The van der Waals surface area contributed by atoms with E-state index in [0.717, 1.165) is 22.2 Å². The van der Waals surface area contributed by atoms with Crippen molar-refractivity contribution in [1.82, 2.24) is 25.0 Å². The fraction of sp³-hybridized carbons (Fsp3) is 0.500. The molecule has 1 aromatic carbocycles. The van der Waals surface area contributed by atoms with Crippen molar-refractivity contribution < 1.29 is 9.53 Å². The fourth-order valence-corrected chi connectivity index (χ4v) is 3.21. The average molecular weight is 456 g/mol. The van der Waals surface area contributed by atoms with E-state index in [9.17, 15) is 4.79 Å². The van der Waals surface area contributed by atoms with Crippen molar-refractivity contribution in [1.29, 1.82) is 0 Å². The number of carbonyl (C=O) groups excluding carboxylic acids is 1. The Morgan fingerprint density at radius 2 is 2.00 bits per heavy atom. The second kappa shape index (κ2) is 9.67. The Kier molecular flexibility index (Phi) is 7.13. The van der Waals surface area contributed by atoms with E-state index >= 15 is 0 Å². The number of anilines is 3. The normalized spacial score (nSPS) is 13.7. The van der Waals surface area contributed by atoms with Crippen LogP contribution in [0.1, 0.15) is 50.7 Å². The first-order valence-corrected chi connectivity index (χ1v) is 10.9. The van der Waals surface area contributed by atoms with Crippen molar-refractivity contribution in [2.75, 3.05) is 23.8 Å². The predicted octanol–water partition coefficient (Wildman–Crippen LogP) is 2.29. The lowest BCUT2D eigenvalue weighted by atomic mass is 10.1. The van der Waals surface area contributed by atoms with E-state index in [1.165, 1.54) is 0 Å². The van der Waals surface area contributed by atoms with Gasteiger partial charge in [-0.1, -0.05) is 0 Å². The molecule has 11 heteroatoms. The van der Waals surface area contributed by atoms with Crippen molar-refractivity contribution in [2.45, 2.75) is 59.2 Å². The molecule has 3 aromatic rings. The van der Waals surface area contributed by atoms with Crippen LogP contribution in [0.5, 0.6) is 0 Å². The van der Waals surface area contributed by atoms with Crippen molar-refractivity contribution in [3.8, 4) is 0 Å². The first-order valence-electron chi connectivity index (χ1n) is 10.9. The van der Waals surface area contributed by atoms with E-state index in [2.05, 4.69) is 46.6 Å². The summed E-state index contributed by atoms with van der Waals surface area (Å²) in [6.45, 7) is 13.0. The van der Waals surface area contributed by atoms with Crippen LogP contribution in [0.4, 0.5) is 17.5 Å². The van der Waals surface area contributed by atoms with Gasteiger partial charge in [0.1, 0.15) is 0 Å². The summed E-state index contributed by atoms with van der Waals surface area (Å²) in [6, 6.07) is 3.42. The topological polar surface area (TPSA) is 159 Å². The summed E-state index contributed by atoms with van der Waals surface area (Å²) in [4.78, 5) is 16.4. The van der Waals surface area contributed by atoms with Crippen molar-refractivity contribution in [3.05, 3.63) is 29.6 Å². The van der Waals surface area contributed by atoms with Gasteiger partial charge < -0.3 is 26.8 Å². The molecule has 1 amide bonds. The molecule has 0 fully saturated rings. The molecule has 2 heterocycles. The number of fused-ring (bicyclic) bond motifs is 1. The van der Waals surface area contributed by atoms with E-state index in [1.54, 1.807) is 0 Å². The summed E-state index contributed by atoms with van der Waals surface area (Å²) in [5.74, 6) is -0.309. The van der Waals surface area contributed by atoms with Crippen LogP contribution >= 0.6 is 0 Å². The van der Waals surface area contributed by atoms with Crippen molar-refractivity contribution in [2.24, 2.45) is 11.5 Å². The molecular weight excluding hydrogens is 422 g/mol. The van der Waals surface area contributed by atoms with Gasteiger partial charge in [0, 0.05) is 36.0 Å². The van der Waals surface area contributed by atoms with Gasteiger partial charge in [-0.05, 0) is 59.2 Å². The van der Waals surface area contributed by atoms with Gasteiger partial charge in [-0.2, -0.15) is 10.1 Å². The minimum absolute atomic E-state index is 0.0602. The molecule has 0 unspecified atom stereocenters. The number of hydrogen-bond acceptors (Lipinski definition) is 9. The Balaban J connectivity index is 1.90. The molecule has 178 valence electrons. The molecule has 0 aliphatic rings. The Hall–Kier alpha value is -3.31. The van der Waals surface area contributed by atoms with Crippen LogP contribution in [0, 0.1) is 6.92 Å². The lowest BCUT2D eigenvalue weighted by molar-refractivity contribution is 0.0995. The standard InChI is InChI=1S/C22H33N9O2/c1-7-33-11-16(23)13(3)25-21-27-20(18(19(24)32)28-29-21)26-15-8-12(2)17-14(9-15)10-31(30-17)22(4,5)6/h8-10,13,16H,7,11,23H2,1-6H3,(H2,24,32)(H2,25,26,27,29)/t13-,16+/m1/s1. The molecule has 3 rings (SSSR count). The van der Waals surface area contributed by atoms with Crippen molar-refractivity contribution >= 4 is 34.3 Å². The van der Waals surface area contributed by atoms with Gasteiger partial charge in [0.2, 0.25) is 5.95 Å². The van der Waals surface area contributed by atoms with Gasteiger partial charge in [-0.25, -0.2) is 0 Å². The Morgan fingerprint density at radius 3 is 2.64 bits per heavy atom. The number of primary amides is 1. The number of aromatic nitrogens is 5. The molecule has 2 atom stereocenters. The number of carbonyl (C=O) groups is 1. The van der Waals surface area contributed by atoms with Gasteiger partial charge in [-0.3, -0.25) is 9.48 Å². The summed E-state index contributed by atoms with van der Waals surface area (Å²) in [7, 11) is 0. The molecule has 0 saturated carbocycles. The maximum atomic E-state index is 11.9. The number of nitrogens with two attached hydrogens (primary N) is 2. The number of nitrogens with zero attached hydrogens (tertiary/aromatic N) is 5. The van der Waals surface area contributed by atoms with Gasteiger partial charge >= 0.3 is 0 Å². The van der Waals surface area contributed by atoms with E-state index in [1.807, 2.05) is 43.8 Å². The van der Waals surface area contributed by atoms with Gasteiger partial charge in [0.25, 0.3) is 5.91 Å². The quantitative estimate of drug-likeness (QED) is 0.379. The lowest BCUT2D eigenvalue weighted by Gasteiger charge is -2.21. The minimum atomic E-state index is -0.733. The summed E-state index contributed by atoms with van der Waals surface area (Å²) in [5.41, 5.74) is 14.0. The molecule has 6 N–H and O–H groups in total. The zero-order valence-electron chi connectivity index (χ0n) is 20.0. The van der Waals surface area contributed by atoms with Gasteiger partial charge in [0.15, 0.2) is 11.5 Å². The second-order valence-corrected chi connectivity index (χ2v) is 9.05. The second-order valence-electron chi connectivity index (χ2n) is 9.05. The molecule has 0 saturated heterocycles. The van der Waals surface area contributed by atoms with Crippen molar-refractivity contribution in [3.63, 3.8) is 0 Å². The van der Waals surface area contributed by atoms with Crippen LogP contribution in [0.3, 0.4) is 0 Å². The lowest BCUT2D eigenvalue weighted by Crippen LogP contribution is -2.42. The van der Waals surface area contributed by atoms with E-state index in [-0.39, 0.29) is 35.1 Å². The number of benzene rings is 1. The third kappa shape index (κ3) is 5.74. The minimum Gasteiger partial charge on any atom is -0.380 e. The van der Waals surface area contributed by atoms with Gasteiger partial charge in [0.05, 0.1) is 17.7 Å². The maximum absolute atomic E-state index is 11.9. The zero-order valence-corrected chi connectivity index (χ0v) is 20.0. The molecule has 0 aliphatic heterocycles. The highest BCUT2D eigenvalue weighted by Gasteiger charge is 2.20. The van der Waals surface area contributed by atoms with Crippen LogP contribution in [0.25, 0.3) is 10.9 Å². The number of amides is 1. The monoisotopic (exact) mass is 455 g/mol. The molecule has 0 aliphatic carbocycles. The molecule has 2 aromatic heterocycles. The predicted molar refractivity (Wildman–Crippen MR) is 129 cm³/mol. The highest BCUT2D eigenvalue weighted by atomic mass is 16.5. The van der Waals surface area contributed by atoms with E-state index < -0.39 is 5.91 Å². The van der Waals surface area contributed by atoms with E-state index in [0.29, 0.717) is 13.2 Å². The third-order valence-electron chi connectivity index (χ3n) is 5.18. The third-order valence-corrected chi connectivity index (χ3v) is 5.18.